The topological polar surface area (TPSA) is 49.7 Å². The van der Waals surface area contributed by atoms with Crippen LogP contribution in [0.1, 0.15) is 89.2 Å². The molecule has 29 heavy (non-hydrogen) atoms. The maximum absolute atomic E-state index is 11.1. The van der Waals surface area contributed by atoms with Gasteiger partial charge in [-0.3, -0.25) is 0 Å². The highest BCUT2D eigenvalue weighted by atomic mass is 32.2. The molecule has 2 heterocycles. The lowest BCUT2D eigenvalue weighted by Crippen LogP contribution is -2.47. The molecule has 5 heteroatoms. The van der Waals surface area contributed by atoms with E-state index in [0.717, 1.165) is 37.0 Å². The second-order valence-electron chi connectivity index (χ2n) is 9.55. The van der Waals surface area contributed by atoms with Crippen molar-refractivity contribution in [2.24, 2.45) is 5.92 Å². The molecule has 1 aromatic rings. The molecule has 3 atom stereocenters. The SMILES string of the molecule is CCCCCCC1(c2cc(O)c3c(c2)OC(C)(C)[C@@H]2CC[C@@H](O)C[C@@H]32)SCCS1. The lowest BCUT2D eigenvalue weighted by atomic mass is 9.66. The summed E-state index contributed by atoms with van der Waals surface area (Å²) in [6.45, 7) is 6.61. The summed E-state index contributed by atoms with van der Waals surface area (Å²) in [7, 11) is 0. The van der Waals surface area contributed by atoms with Gasteiger partial charge in [0.1, 0.15) is 17.1 Å². The summed E-state index contributed by atoms with van der Waals surface area (Å²) in [6, 6.07) is 4.24. The van der Waals surface area contributed by atoms with Gasteiger partial charge in [-0.25, -0.2) is 0 Å². The first kappa shape index (κ1) is 21.7. The molecule has 0 amide bonds. The van der Waals surface area contributed by atoms with Gasteiger partial charge in [-0.2, -0.15) is 0 Å². The van der Waals surface area contributed by atoms with Crippen molar-refractivity contribution in [1.29, 1.82) is 0 Å². The van der Waals surface area contributed by atoms with Crippen LogP contribution in [0.15, 0.2) is 12.1 Å². The maximum Gasteiger partial charge on any atom is 0.127 e. The molecule has 1 saturated carbocycles. The Morgan fingerprint density at radius 1 is 1.10 bits per heavy atom. The van der Waals surface area contributed by atoms with E-state index in [4.69, 9.17) is 4.74 Å². The van der Waals surface area contributed by atoms with Gasteiger partial charge in [0.15, 0.2) is 0 Å². The Labute approximate surface area is 184 Å². The number of hydrogen-bond donors (Lipinski definition) is 2. The summed E-state index contributed by atoms with van der Waals surface area (Å²) >= 11 is 4.08. The third kappa shape index (κ3) is 4.16. The van der Waals surface area contributed by atoms with E-state index in [1.165, 1.54) is 42.8 Å². The average molecular weight is 437 g/mol. The molecule has 3 aliphatic rings. The molecule has 3 nitrogen and oxygen atoms in total. The van der Waals surface area contributed by atoms with Crippen LogP contribution >= 0.6 is 23.5 Å². The van der Waals surface area contributed by atoms with E-state index in [-0.39, 0.29) is 21.7 Å². The number of phenolic OH excluding ortho intramolecular Hbond substituents is 1. The van der Waals surface area contributed by atoms with Crippen LogP contribution in [0.25, 0.3) is 0 Å². The van der Waals surface area contributed by atoms with Crippen molar-refractivity contribution in [3.63, 3.8) is 0 Å². The summed E-state index contributed by atoms with van der Waals surface area (Å²) in [5.74, 6) is 4.07. The number of fused-ring (bicyclic) bond motifs is 3. The Morgan fingerprint density at radius 3 is 2.59 bits per heavy atom. The first-order chi connectivity index (χ1) is 13.9. The molecular formula is C24H36O3S2. The van der Waals surface area contributed by atoms with E-state index in [9.17, 15) is 10.2 Å². The van der Waals surface area contributed by atoms with Crippen molar-refractivity contribution >= 4 is 23.5 Å². The van der Waals surface area contributed by atoms with E-state index in [2.05, 4.69) is 26.8 Å². The zero-order chi connectivity index (χ0) is 20.6. The summed E-state index contributed by atoms with van der Waals surface area (Å²) in [6.07, 6.45) is 8.44. The zero-order valence-corrected chi connectivity index (χ0v) is 19.7. The largest absolute Gasteiger partial charge is 0.508 e. The molecule has 2 N–H and O–H groups in total. The number of benzene rings is 1. The van der Waals surface area contributed by atoms with Gasteiger partial charge >= 0.3 is 0 Å². The van der Waals surface area contributed by atoms with E-state index >= 15 is 0 Å². The third-order valence-electron chi connectivity index (χ3n) is 7.13. The maximum atomic E-state index is 11.1. The van der Waals surface area contributed by atoms with Crippen LogP contribution in [0, 0.1) is 5.92 Å². The summed E-state index contributed by atoms with van der Waals surface area (Å²) < 4.78 is 6.57. The van der Waals surface area contributed by atoms with Gasteiger partial charge in [0.2, 0.25) is 0 Å². The van der Waals surface area contributed by atoms with Gasteiger partial charge in [0, 0.05) is 28.9 Å². The number of rotatable bonds is 6. The normalized spacial score (nSPS) is 29.7. The van der Waals surface area contributed by atoms with Gasteiger partial charge in [-0.05, 0) is 57.2 Å². The molecule has 0 spiro atoms. The van der Waals surface area contributed by atoms with Crippen molar-refractivity contribution in [1.82, 2.24) is 0 Å². The van der Waals surface area contributed by atoms with Crippen molar-refractivity contribution in [2.75, 3.05) is 11.5 Å². The van der Waals surface area contributed by atoms with Gasteiger partial charge in [0.25, 0.3) is 0 Å². The third-order valence-corrected chi connectivity index (χ3v) is 10.7. The monoisotopic (exact) mass is 436 g/mol. The minimum atomic E-state index is -0.275. The van der Waals surface area contributed by atoms with Gasteiger partial charge in [-0.1, -0.05) is 32.6 Å². The predicted molar refractivity (Wildman–Crippen MR) is 124 cm³/mol. The van der Waals surface area contributed by atoms with Crippen LogP contribution < -0.4 is 4.74 Å². The molecule has 1 aliphatic carbocycles. The molecule has 0 radical (unpaired) electrons. The standard InChI is InChI=1S/C24H36O3S2/c1-4-5-6-7-10-24(28-11-12-29-24)16-13-20(26)22-18-15-17(25)8-9-19(18)23(2,3)27-21(22)14-16/h13-14,17-19,25-26H,4-12,15H2,1-3H3/t17-,18-,19-/m1/s1. The number of aromatic hydroxyl groups is 1. The quantitative estimate of drug-likeness (QED) is 0.505. The number of phenols is 1. The molecular weight excluding hydrogens is 400 g/mol. The Morgan fingerprint density at radius 2 is 1.86 bits per heavy atom. The van der Waals surface area contributed by atoms with Crippen molar-refractivity contribution in [3.05, 3.63) is 23.3 Å². The fourth-order valence-corrected chi connectivity index (χ4v) is 8.95. The molecule has 1 aromatic carbocycles. The average Bonchev–Trinajstić information content (AvgIpc) is 3.14. The number of thioether (sulfide) groups is 2. The molecule has 162 valence electrons. The van der Waals surface area contributed by atoms with E-state index in [1.807, 2.05) is 29.6 Å². The number of ether oxygens (including phenoxy) is 1. The van der Waals surface area contributed by atoms with Gasteiger partial charge < -0.3 is 14.9 Å². The van der Waals surface area contributed by atoms with E-state index in [1.54, 1.807) is 0 Å². The smallest absolute Gasteiger partial charge is 0.127 e. The van der Waals surface area contributed by atoms with E-state index in [0.29, 0.717) is 11.7 Å². The van der Waals surface area contributed by atoms with Crippen LogP contribution in [0.4, 0.5) is 0 Å². The van der Waals surface area contributed by atoms with Crippen molar-refractivity contribution in [2.45, 2.75) is 93.8 Å². The molecule has 0 aromatic heterocycles. The van der Waals surface area contributed by atoms with Gasteiger partial charge in [-0.15, -0.1) is 23.5 Å². The minimum Gasteiger partial charge on any atom is -0.508 e. The van der Waals surface area contributed by atoms with Crippen LogP contribution in [-0.4, -0.2) is 33.4 Å². The Bertz CT molecular complexity index is 727. The van der Waals surface area contributed by atoms with Crippen LogP contribution in [0.5, 0.6) is 11.5 Å². The zero-order valence-electron chi connectivity index (χ0n) is 18.1. The molecule has 0 unspecified atom stereocenters. The minimum absolute atomic E-state index is 0.0384. The summed E-state index contributed by atoms with van der Waals surface area (Å²) in [5, 5.41) is 21.5. The Balaban J connectivity index is 1.68. The number of hydrogen-bond acceptors (Lipinski definition) is 5. The van der Waals surface area contributed by atoms with Gasteiger partial charge in [0.05, 0.1) is 10.2 Å². The fraction of sp³-hybridized carbons (Fsp3) is 0.750. The van der Waals surface area contributed by atoms with Crippen LogP contribution in [-0.2, 0) is 4.08 Å². The Kier molecular flexibility index (Phi) is 6.40. The number of unbranched alkanes of at least 4 members (excludes halogenated alkanes) is 3. The lowest BCUT2D eigenvalue weighted by Gasteiger charge is -2.48. The van der Waals surface area contributed by atoms with Crippen LogP contribution in [0.3, 0.4) is 0 Å². The van der Waals surface area contributed by atoms with Crippen LogP contribution in [0.2, 0.25) is 0 Å². The molecule has 0 bridgehead atoms. The highest BCUT2D eigenvalue weighted by Gasteiger charge is 2.48. The Hall–Kier alpha value is -0.520. The molecule has 2 aliphatic heterocycles. The highest BCUT2D eigenvalue weighted by Crippen LogP contribution is 2.59. The molecule has 1 saturated heterocycles. The first-order valence-corrected chi connectivity index (χ1v) is 13.4. The fourth-order valence-electron chi connectivity index (χ4n) is 5.64. The molecule has 4 rings (SSSR count). The predicted octanol–water partition coefficient (Wildman–Crippen LogP) is 6.41. The van der Waals surface area contributed by atoms with Crippen molar-refractivity contribution < 1.29 is 14.9 Å². The molecule has 2 fully saturated rings. The highest BCUT2D eigenvalue weighted by molar-refractivity contribution is 8.20. The van der Waals surface area contributed by atoms with Crippen molar-refractivity contribution in [3.8, 4) is 11.5 Å². The van der Waals surface area contributed by atoms with E-state index < -0.39 is 0 Å². The number of aliphatic hydroxyl groups is 1. The second-order valence-corrected chi connectivity index (χ2v) is 12.6. The number of aliphatic hydroxyl groups excluding tert-OH is 1. The second kappa shape index (κ2) is 8.55. The summed E-state index contributed by atoms with van der Waals surface area (Å²) in [4.78, 5) is 0. The first-order valence-electron chi connectivity index (χ1n) is 11.4. The summed E-state index contributed by atoms with van der Waals surface area (Å²) in [5.41, 5.74) is 1.88. The lowest BCUT2D eigenvalue weighted by molar-refractivity contribution is -0.0317.